The van der Waals surface area contributed by atoms with E-state index in [-0.39, 0.29) is 18.0 Å². The smallest absolute Gasteiger partial charge is 0.226 e. The first-order chi connectivity index (χ1) is 14.9. The molecular weight excluding hydrogens is 408 g/mol. The minimum atomic E-state index is -0.176. The monoisotopic (exact) mass is 434 g/mol. The highest BCUT2D eigenvalue weighted by Gasteiger charge is 2.41. The Labute approximate surface area is 187 Å². The Hall–Kier alpha value is -3.19. The second-order valence-corrected chi connectivity index (χ2v) is 8.27. The molecule has 0 aliphatic carbocycles. The van der Waals surface area contributed by atoms with Crippen molar-refractivity contribution in [1.29, 1.82) is 0 Å². The van der Waals surface area contributed by atoms with Gasteiger partial charge in [-0.2, -0.15) is 0 Å². The molecule has 1 aromatic carbocycles. The summed E-state index contributed by atoms with van der Waals surface area (Å²) < 4.78 is 5.96. The molecule has 0 unspecified atom stereocenters. The van der Waals surface area contributed by atoms with Gasteiger partial charge in [-0.1, -0.05) is 18.2 Å². The van der Waals surface area contributed by atoms with E-state index in [0.29, 0.717) is 18.1 Å². The maximum atomic E-state index is 12.7. The van der Waals surface area contributed by atoms with Gasteiger partial charge in [-0.05, 0) is 74.4 Å². The number of nitrogens with zero attached hydrogens (tertiary/aromatic N) is 2. The molecule has 1 aliphatic heterocycles. The lowest BCUT2D eigenvalue weighted by Gasteiger charge is -2.25. The quantitative estimate of drug-likeness (QED) is 0.553. The molecule has 2 aromatic heterocycles. The molecule has 3 heterocycles. The zero-order chi connectivity index (χ0) is 22.0. The number of benzene rings is 1. The van der Waals surface area contributed by atoms with E-state index in [1.54, 1.807) is 6.20 Å². The van der Waals surface area contributed by atoms with E-state index in [2.05, 4.69) is 15.6 Å². The predicted octanol–water partition coefficient (Wildman–Crippen LogP) is 4.60. The van der Waals surface area contributed by atoms with Crippen molar-refractivity contribution >= 4 is 28.9 Å². The minimum Gasteiger partial charge on any atom is -0.464 e. The highest BCUT2D eigenvalue weighted by atomic mass is 32.1. The van der Waals surface area contributed by atoms with Crippen LogP contribution in [0.4, 0.5) is 5.69 Å². The lowest BCUT2D eigenvalue weighted by atomic mass is 10.0. The fraction of sp³-hybridized carbons (Fsp3) is 0.292. The molecule has 0 spiro atoms. The molecule has 3 aromatic rings. The van der Waals surface area contributed by atoms with Gasteiger partial charge in [-0.25, -0.2) is 0 Å². The largest absolute Gasteiger partial charge is 0.464 e. The molecule has 160 valence electrons. The van der Waals surface area contributed by atoms with E-state index in [1.807, 2.05) is 74.2 Å². The summed E-state index contributed by atoms with van der Waals surface area (Å²) >= 11 is 5.63. The Bertz CT molecular complexity index is 1100. The second kappa shape index (κ2) is 8.89. The van der Waals surface area contributed by atoms with Gasteiger partial charge in [0.05, 0.1) is 11.7 Å². The van der Waals surface area contributed by atoms with E-state index in [9.17, 15) is 4.79 Å². The SMILES string of the molecule is Cc1ccc(C)c(NC(=O)CCN2C(=S)N[C@@H](c3ccccn3)[C@H]2c2ccc(C)o2)c1. The number of carbonyl (C=O) groups excluding carboxylic acids is 1. The summed E-state index contributed by atoms with van der Waals surface area (Å²) in [5.74, 6) is 1.59. The first-order valence-corrected chi connectivity index (χ1v) is 10.7. The molecule has 0 radical (unpaired) electrons. The molecule has 1 amide bonds. The summed E-state index contributed by atoms with van der Waals surface area (Å²) in [6.45, 7) is 6.39. The van der Waals surface area contributed by atoms with Crippen LogP contribution in [0.25, 0.3) is 0 Å². The van der Waals surface area contributed by atoms with Crippen LogP contribution < -0.4 is 10.6 Å². The van der Waals surface area contributed by atoms with Crippen molar-refractivity contribution in [2.45, 2.75) is 39.3 Å². The lowest BCUT2D eigenvalue weighted by molar-refractivity contribution is -0.116. The number of hydrogen-bond acceptors (Lipinski definition) is 4. The maximum absolute atomic E-state index is 12.7. The van der Waals surface area contributed by atoms with E-state index >= 15 is 0 Å². The van der Waals surface area contributed by atoms with Crippen molar-refractivity contribution in [3.05, 3.63) is 83.1 Å². The van der Waals surface area contributed by atoms with Crippen molar-refractivity contribution in [1.82, 2.24) is 15.2 Å². The lowest BCUT2D eigenvalue weighted by Crippen LogP contribution is -2.32. The van der Waals surface area contributed by atoms with Crippen LogP contribution in [0.1, 0.15) is 46.8 Å². The summed E-state index contributed by atoms with van der Waals surface area (Å²) in [6, 6.07) is 15.4. The summed E-state index contributed by atoms with van der Waals surface area (Å²) in [6.07, 6.45) is 2.07. The predicted molar refractivity (Wildman–Crippen MR) is 125 cm³/mol. The first kappa shape index (κ1) is 21.1. The number of rotatable bonds is 6. The standard InChI is InChI=1S/C24H26N4O2S/c1-15-7-8-16(2)19(14-15)26-21(29)11-13-28-23(20-10-9-17(3)30-20)22(27-24(28)31)18-6-4-5-12-25-18/h4-10,12,14,22-23H,11,13H2,1-3H3,(H,26,29)(H,27,31)/t22-,23+/m0/s1. The minimum absolute atomic E-state index is 0.0489. The van der Waals surface area contributed by atoms with Gasteiger partial charge in [0.25, 0.3) is 0 Å². The van der Waals surface area contributed by atoms with Crippen molar-refractivity contribution in [2.75, 3.05) is 11.9 Å². The Morgan fingerprint density at radius 1 is 1.19 bits per heavy atom. The zero-order valence-electron chi connectivity index (χ0n) is 17.9. The van der Waals surface area contributed by atoms with Gasteiger partial charge < -0.3 is 20.0 Å². The first-order valence-electron chi connectivity index (χ1n) is 10.3. The third-order valence-electron chi connectivity index (χ3n) is 5.50. The number of nitrogens with one attached hydrogen (secondary N) is 2. The number of aromatic nitrogens is 1. The number of pyridine rings is 1. The van der Waals surface area contributed by atoms with Gasteiger partial charge in [-0.15, -0.1) is 0 Å². The van der Waals surface area contributed by atoms with E-state index in [1.165, 1.54) is 0 Å². The molecule has 1 saturated heterocycles. The van der Waals surface area contributed by atoms with E-state index in [0.717, 1.165) is 34.0 Å². The number of amides is 1. The number of thiocarbonyl (C=S) groups is 1. The average molecular weight is 435 g/mol. The van der Waals surface area contributed by atoms with Crippen LogP contribution in [0, 0.1) is 20.8 Å². The third-order valence-corrected chi connectivity index (χ3v) is 5.85. The highest BCUT2D eigenvalue weighted by Crippen LogP contribution is 2.39. The van der Waals surface area contributed by atoms with Crippen molar-refractivity contribution in [2.24, 2.45) is 0 Å². The maximum Gasteiger partial charge on any atom is 0.226 e. The number of aryl methyl sites for hydroxylation is 3. The summed E-state index contributed by atoms with van der Waals surface area (Å²) in [4.78, 5) is 19.2. The summed E-state index contributed by atoms with van der Waals surface area (Å²) in [7, 11) is 0. The third kappa shape index (κ3) is 4.61. The topological polar surface area (TPSA) is 70.4 Å². The molecular formula is C24H26N4O2S. The average Bonchev–Trinajstić information content (AvgIpc) is 3.32. The molecule has 31 heavy (non-hydrogen) atoms. The van der Waals surface area contributed by atoms with Crippen LogP contribution in [0.5, 0.6) is 0 Å². The van der Waals surface area contributed by atoms with Crippen molar-refractivity contribution in [3.8, 4) is 0 Å². The number of furan rings is 1. The molecule has 0 saturated carbocycles. The number of hydrogen-bond donors (Lipinski definition) is 2. The fourth-order valence-electron chi connectivity index (χ4n) is 3.87. The molecule has 6 nitrogen and oxygen atoms in total. The summed E-state index contributed by atoms with van der Waals surface area (Å²) in [5.41, 5.74) is 3.87. The van der Waals surface area contributed by atoms with Gasteiger partial charge >= 0.3 is 0 Å². The number of carbonyl (C=O) groups is 1. The Balaban J connectivity index is 1.52. The van der Waals surface area contributed by atoms with Gasteiger partial charge in [0, 0.05) is 24.8 Å². The Morgan fingerprint density at radius 3 is 2.74 bits per heavy atom. The van der Waals surface area contributed by atoms with Crippen LogP contribution in [0.15, 0.2) is 59.1 Å². The Morgan fingerprint density at radius 2 is 2.03 bits per heavy atom. The second-order valence-electron chi connectivity index (χ2n) is 7.88. The van der Waals surface area contributed by atoms with E-state index in [4.69, 9.17) is 16.6 Å². The molecule has 1 fully saturated rings. The van der Waals surface area contributed by atoms with E-state index < -0.39 is 0 Å². The van der Waals surface area contributed by atoms with Gasteiger partial charge in [0.2, 0.25) is 5.91 Å². The molecule has 2 atom stereocenters. The van der Waals surface area contributed by atoms with Gasteiger partial charge in [0.15, 0.2) is 5.11 Å². The Kier molecular flexibility index (Phi) is 6.04. The van der Waals surface area contributed by atoms with Crippen LogP contribution in [0.3, 0.4) is 0 Å². The summed E-state index contributed by atoms with van der Waals surface area (Å²) in [5, 5.41) is 6.99. The molecule has 0 bridgehead atoms. The zero-order valence-corrected chi connectivity index (χ0v) is 18.7. The van der Waals surface area contributed by atoms with Crippen LogP contribution >= 0.6 is 12.2 Å². The number of anilines is 1. The molecule has 2 N–H and O–H groups in total. The normalized spacial score (nSPS) is 18.2. The van der Waals surface area contributed by atoms with Gasteiger partial charge in [0.1, 0.15) is 17.6 Å². The van der Waals surface area contributed by atoms with Crippen LogP contribution in [-0.4, -0.2) is 27.4 Å². The van der Waals surface area contributed by atoms with Gasteiger partial charge in [-0.3, -0.25) is 9.78 Å². The highest BCUT2D eigenvalue weighted by molar-refractivity contribution is 7.80. The van der Waals surface area contributed by atoms with Crippen LogP contribution in [0.2, 0.25) is 0 Å². The molecule has 1 aliphatic rings. The van der Waals surface area contributed by atoms with Crippen molar-refractivity contribution in [3.63, 3.8) is 0 Å². The van der Waals surface area contributed by atoms with Crippen LogP contribution in [-0.2, 0) is 4.79 Å². The molecule has 4 rings (SSSR count). The van der Waals surface area contributed by atoms with Crippen molar-refractivity contribution < 1.29 is 9.21 Å². The molecule has 7 heteroatoms. The fourth-order valence-corrected chi connectivity index (χ4v) is 4.20.